The molecule has 1 aliphatic heterocycles. The molecule has 0 aliphatic carbocycles. The Morgan fingerprint density at radius 2 is 1.81 bits per heavy atom. The fourth-order valence-electron chi connectivity index (χ4n) is 2.17. The number of hydrogen-bond acceptors (Lipinski definition) is 3. The lowest BCUT2D eigenvalue weighted by molar-refractivity contribution is -0.121. The van der Waals surface area contributed by atoms with Gasteiger partial charge in [0.15, 0.2) is 0 Å². The van der Waals surface area contributed by atoms with Crippen LogP contribution in [0.2, 0.25) is 0 Å². The van der Waals surface area contributed by atoms with E-state index in [0.717, 1.165) is 10.7 Å². The van der Waals surface area contributed by atoms with Gasteiger partial charge in [0.1, 0.15) is 6.54 Å². The number of nitrogens with one attached hydrogen (secondary N) is 2. The first-order valence-electron chi connectivity index (χ1n) is 6.99. The van der Waals surface area contributed by atoms with E-state index in [1.165, 1.54) is 0 Å². The second-order valence-electron chi connectivity index (χ2n) is 6.33. The smallest absolute Gasteiger partial charge is 0.310 e. The van der Waals surface area contributed by atoms with Crippen molar-refractivity contribution < 1.29 is 21.6 Å². The van der Waals surface area contributed by atoms with Crippen LogP contribution in [-0.4, -0.2) is 50.1 Å². The summed E-state index contributed by atoms with van der Waals surface area (Å²) in [6.45, 7) is 5.01. The van der Waals surface area contributed by atoms with E-state index < -0.39 is 22.9 Å². The highest BCUT2D eigenvalue weighted by Gasteiger charge is 2.36. The van der Waals surface area contributed by atoms with Crippen molar-refractivity contribution in [3.8, 4) is 0 Å². The summed E-state index contributed by atoms with van der Waals surface area (Å²) < 4.78 is 63.5. The zero-order valence-corrected chi connectivity index (χ0v) is 13.4. The van der Waals surface area contributed by atoms with Gasteiger partial charge in [-0.3, -0.25) is 0 Å². The third-order valence-electron chi connectivity index (χ3n) is 3.20. The van der Waals surface area contributed by atoms with Crippen LogP contribution in [0.15, 0.2) is 0 Å². The van der Waals surface area contributed by atoms with Crippen molar-refractivity contribution in [1.82, 2.24) is 14.3 Å². The predicted octanol–water partition coefficient (Wildman–Crippen LogP) is 1.63. The normalized spacial score (nSPS) is 22.5. The molecule has 5 nitrogen and oxygen atoms in total. The zero-order chi connectivity index (χ0) is 16.3. The molecule has 1 aliphatic rings. The molecular weight excluding hydrogens is 307 g/mol. The van der Waals surface area contributed by atoms with Crippen LogP contribution in [0.5, 0.6) is 0 Å². The molecule has 1 fully saturated rings. The number of hydrogen-bond donors (Lipinski definition) is 2. The Bertz CT molecular complexity index is 432. The minimum Gasteiger partial charge on any atom is -0.310 e. The lowest BCUT2D eigenvalue weighted by Crippen LogP contribution is -2.55. The molecule has 1 saturated heterocycles. The first-order chi connectivity index (χ1) is 9.41. The van der Waals surface area contributed by atoms with Gasteiger partial charge in [0.05, 0.1) is 0 Å². The van der Waals surface area contributed by atoms with E-state index >= 15 is 0 Å². The van der Waals surface area contributed by atoms with Gasteiger partial charge in [0.25, 0.3) is 10.2 Å². The third-order valence-corrected chi connectivity index (χ3v) is 4.81. The fourth-order valence-corrected chi connectivity index (χ4v) is 3.63. The van der Waals surface area contributed by atoms with E-state index in [9.17, 15) is 21.6 Å². The Balaban J connectivity index is 2.71. The summed E-state index contributed by atoms with van der Waals surface area (Å²) >= 11 is 0. The molecule has 0 saturated carbocycles. The SMILES string of the molecule is CC(C)(C)NCC1CCCCN1S(=O)(=O)NCC(F)(F)F. The van der Waals surface area contributed by atoms with E-state index in [-0.39, 0.29) is 18.1 Å². The first kappa shape index (κ1) is 18.7. The zero-order valence-electron chi connectivity index (χ0n) is 12.6. The first-order valence-corrected chi connectivity index (χ1v) is 8.43. The molecule has 1 unspecified atom stereocenters. The van der Waals surface area contributed by atoms with Gasteiger partial charge in [0, 0.05) is 24.7 Å². The number of nitrogens with zero attached hydrogens (tertiary/aromatic N) is 1. The van der Waals surface area contributed by atoms with E-state index in [0.29, 0.717) is 19.4 Å². The minimum absolute atomic E-state index is 0.174. The highest BCUT2D eigenvalue weighted by molar-refractivity contribution is 7.87. The predicted molar refractivity (Wildman–Crippen MR) is 75.1 cm³/mol. The Hall–Kier alpha value is -0.380. The molecule has 9 heteroatoms. The van der Waals surface area contributed by atoms with Crippen LogP contribution in [-0.2, 0) is 10.2 Å². The molecule has 0 amide bonds. The van der Waals surface area contributed by atoms with Crippen molar-refractivity contribution in [2.75, 3.05) is 19.6 Å². The summed E-state index contributed by atoms with van der Waals surface area (Å²) in [5, 5.41) is 3.21. The van der Waals surface area contributed by atoms with Crippen molar-refractivity contribution in [1.29, 1.82) is 0 Å². The lowest BCUT2D eigenvalue weighted by Gasteiger charge is -2.36. The summed E-state index contributed by atoms with van der Waals surface area (Å²) in [7, 11) is -4.11. The average molecular weight is 331 g/mol. The van der Waals surface area contributed by atoms with Crippen LogP contribution >= 0.6 is 0 Å². The van der Waals surface area contributed by atoms with E-state index in [1.54, 1.807) is 4.72 Å². The van der Waals surface area contributed by atoms with Gasteiger partial charge in [-0.1, -0.05) is 6.42 Å². The Labute approximate surface area is 124 Å². The maximum Gasteiger partial charge on any atom is 0.402 e. The lowest BCUT2D eigenvalue weighted by atomic mass is 10.0. The monoisotopic (exact) mass is 331 g/mol. The van der Waals surface area contributed by atoms with Gasteiger partial charge in [-0.25, -0.2) is 0 Å². The molecule has 0 aromatic heterocycles. The average Bonchev–Trinajstić information content (AvgIpc) is 2.33. The van der Waals surface area contributed by atoms with Crippen LogP contribution in [0.3, 0.4) is 0 Å². The summed E-state index contributed by atoms with van der Waals surface area (Å²) in [4.78, 5) is 0. The maximum absolute atomic E-state index is 12.2. The molecule has 0 bridgehead atoms. The van der Waals surface area contributed by atoms with Crippen LogP contribution in [0.25, 0.3) is 0 Å². The number of rotatable bonds is 5. The molecule has 2 N–H and O–H groups in total. The Morgan fingerprint density at radius 1 is 1.19 bits per heavy atom. The van der Waals surface area contributed by atoms with Crippen molar-refractivity contribution in [2.45, 2.75) is 57.8 Å². The summed E-state index contributed by atoms with van der Waals surface area (Å²) in [6.07, 6.45) is -2.36. The quantitative estimate of drug-likeness (QED) is 0.805. The standard InChI is InChI=1S/C12H24F3N3O2S/c1-11(2,3)16-8-10-6-4-5-7-18(10)21(19,20)17-9-12(13,14)15/h10,16-17H,4-9H2,1-3H3. The van der Waals surface area contributed by atoms with Gasteiger partial charge in [-0.05, 0) is 33.6 Å². The van der Waals surface area contributed by atoms with Crippen LogP contribution in [0.1, 0.15) is 40.0 Å². The van der Waals surface area contributed by atoms with Gasteiger partial charge in [0.2, 0.25) is 0 Å². The van der Waals surface area contributed by atoms with E-state index in [4.69, 9.17) is 0 Å². The molecular formula is C12H24F3N3O2S. The van der Waals surface area contributed by atoms with Gasteiger partial charge >= 0.3 is 6.18 Å². The molecule has 21 heavy (non-hydrogen) atoms. The molecule has 0 aromatic rings. The van der Waals surface area contributed by atoms with Gasteiger partial charge in [-0.2, -0.15) is 30.6 Å². The van der Waals surface area contributed by atoms with Crippen molar-refractivity contribution in [3.05, 3.63) is 0 Å². The summed E-state index contributed by atoms with van der Waals surface area (Å²) in [5.41, 5.74) is -0.174. The van der Waals surface area contributed by atoms with Crippen LogP contribution in [0.4, 0.5) is 13.2 Å². The second-order valence-corrected chi connectivity index (χ2v) is 8.04. The van der Waals surface area contributed by atoms with E-state index in [1.807, 2.05) is 20.8 Å². The Kier molecular flexibility index (Phi) is 6.05. The minimum atomic E-state index is -4.55. The molecule has 1 heterocycles. The molecule has 1 atom stereocenters. The second kappa shape index (κ2) is 6.80. The molecule has 0 radical (unpaired) electrons. The fraction of sp³-hybridized carbons (Fsp3) is 1.00. The topological polar surface area (TPSA) is 61.4 Å². The van der Waals surface area contributed by atoms with E-state index in [2.05, 4.69) is 5.32 Å². The van der Waals surface area contributed by atoms with Gasteiger partial charge < -0.3 is 5.32 Å². The van der Waals surface area contributed by atoms with Crippen molar-refractivity contribution in [3.63, 3.8) is 0 Å². The molecule has 126 valence electrons. The number of halogens is 3. The summed E-state index contributed by atoms with van der Waals surface area (Å²) in [6, 6.07) is -0.316. The van der Waals surface area contributed by atoms with Crippen LogP contribution < -0.4 is 10.0 Å². The molecule has 0 aromatic carbocycles. The third kappa shape index (κ3) is 6.94. The number of piperidine rings is 1. The highest BCUT2D eigenvalue weighted by Crippen LogP contribution is 2.21. The molecule has 1 rings (SSSR count). The van der Waals surface area contributed by atoms with Crippen molar-refractivity contribution in [2.24, 2.45) is 0 Å². The highest BCUT2D eigenvalue weighted by atomic mass is 32.2. The largest absolute Gasteiger partial charge is 0.402 e. The van der Waals surface area contributed by atoms with Crippen molar-refractivity contribution >= 4 is 10.2 Å². The Morgan fingerprint density at radius 3 is 2.33 bits per heavy atom. The molecule has 0 spiro atoms. The summed E-state index contributed by atoms with van der Waals surface area (Å²) in [5.74, 6) is 0. The maximum atomic E-state index is 12.2. The number of alkyl halides is 3. The van der Waals surface area contributed by atoms with Crippen LogP contribution in [0, 0.1) is 0 Å². The van der Waals surface area contributed by atoms with Gasteiger partial charge in [-0.15, -0.1) is 0 Å².